The SMILES string of the molecule is CCNC(=NCCC(=O)OC)NC1CCN(C(=O)C2CCCC2)C1. The highest BCUT2D eigenvalue weighted by molar-refractivity contribution is 5.81. The molecule has 7 nitrogen and oxygen atoms in total. The zero-order chi connectivity index (χ0) is 17.4. The number of carbonyl (C=O) groups is 2. The lowest BCUT2D eigenvalue weighted by molar-refractivity contribution is -0.140. The fraction of sp³-hybridized carbons (Fsp3) is 0.824. The number of amides is 1. The van der Waals surface area contributed by atoms with Crippen LogP contribution >= 0.6 is 0 Å². The molecule has 136 valence electrons. The van der Waals surface area contributed by atoms with Crippen LogP contribution in [-0.4, -0.2) is 62.1 Å². The summed E-state index contributed by atoms with van der Waals surface area (Å²) in [6, 6.07) is 0.214. The molecular formula is C17H30N4O3. The van der Waals surface area contributed by atoms with Crippen LogP contribution in [0.2, 0.25) is 0 Å². The number of hydrogen-bond donors (Lipinski definition) is 2. The Labute approximate surface area is 144 Å². The molecule has 7 heteroatoms. The van der Waals surface area contributed by atoms with Crippen molar-refractivity contribution in [1.29, 1.82) is 0 Å². The van der Waals surface area contributed by atoms with E-state index in [1.807, 2.05) is 11.8 Å². The lowest BCUT2D eigenvalue weighted by atomic mass is 10.1. The minimum atomic E-state index is -0.260. The third kappa shape index (κ3) is 5.39. The monoisotopic (exact) mass is 338 g/mol. The lowest BCUT2D eigenvalue weighted by Gasteiger charge is -2.21. The number of aliphatic imine (C=N–C) groups is 1. The maximum absolute atomic E-state index is 12.5. The molecule has 0 bridgehead atoms. The number of nitrogens with one attached hydrogen (secondary N) is 2. The molecule has 0 aromatic carbocycles. The minimum absolute atomic E-state index is 0.214. The molecule has 1 atom stereocenters. The smallest absolute Gasteiger partial charge is 0.307 e. The number of methoxy groups -OCH3 is 1. The van der Waals surface area contributed by atoms with E-state index in [0.717, 1.165) is 38.9 Å². The standard InChI is InChI=1S/C17H30N4O3/c1-3-18-17(19-10-8-15(22)24-2)20-14-9-11-21(12-14)16(23)13-6-4-5-7-13/h13-14H,3-12H2,1-2H3,(H2,18,19,20). The largest absolute Gasteiger partial charge is 0.469 e. The molecule has 2 rings (SSSR count). The van der Waals surface area contributed by atoms with Gasteiger partial charge in [0.1, 0.15) is 0 Å². The van der Waals surface area contributed by atoms with Gasteiger partial charge in [-0.2, -0.15) is 0 Å². The topological polar surface area (TPSA) is 83.0 Å². The number of rotatable bonds is 6. The average molecular weight is 338 g/mol. The predicted molar refractivity (Wildman–Crippen MR) is 92.7 cm³/mol. The van der Waals surface area contributed by atoms with Crippen LogP contribution in [0.4, 0.5) is 0 Å². The first kappa shape index (κ1) is 18.5. The second-order valence-corrected chi connectivity index (χ2v) is 6.48. The Hall–Kier alpha value is -1.79. The molecule has 24 heavy (non-hydrogen) atoms. The normalized spacial score (nSPS) is 21.8. The Morgan fingerprint density at radius 3 is 2.67 bits per heavy atom. The quantitative estimate of drug-likeness (QED) is 0.427. The summed E-state index contributed by atoms with van der Waals surface area (Å²) in [6.45, 7) is 4.69. The van der Waals surface area contributed by atoms with Gasteiger partial charge in [0.25, 0.3) is 0 Å². The van der Waals surface area contributed by atoms with E-state index >= 15 is 0 Å². The Morgan fingerprint density at radius 2 is 2.00 bits per heavy atom. The van der Waals surface area contributed by atoms with E-state index < -0.39 is 0 Å². The van der Waals surface area contributed by atoms with E-state index in [1.54, 1.807) is 0 Å². The van der Waals surface area contributed by atoms with E-state index in [2.05, 4.69) is 20.4 Å². The molecule has 1 aliphatic carbocycles. The fourth-order valence-corrected chi connectivity index (χ4v) is 3.38. The molecule has 1 unspecified atom stereocenters. The van der Waals surface area contributed by atoms with Crippen LogP contribution < -0.4 is 10.6 Å². The van der Waals surface area contributed by atoms with E-state index in [1.165, 1.54) is 20.0 Å². The summed E-state index contributed by atoms with van der Waals surface area (Å²) >= 11 is 0. The van der Waals surface area contributed by atoms with Crippen molar-refractivity contribution in [3.8, 4) is 0 Å². The zero-order valence-electron chi connectivity index (χ0n) is 14.8. The van der Waals surface area contributed by atoms with Gasteiger partial charge in [0.2, 0.25) is 5.91 Å². The summed E-state index contributed by atoms with van der Waals surface area (Å²) in [5, 5.41) is 6.56. The Kier molecular flexibility index (Phi) is 7.34. The van der Waals surface area contributed by atoms with E-state index in [0.29, 0.717) is 18.4 Å². The Balaban J connectivity index is 1.80. The molecular weight excluding hydrogens is 308 g/mol. The van der Waals surface area contributed by atoms with Crippen molar-refractivity contribution in [1.82, 2.24) is 15.5 Å². The van der Waals surface area contributed by atoms with Gasteiger partial charge in [0.15, 0.2) is 5.96 Å². The molecule has 1 amide bonds. The number of ether oxygens (including phenoxy) is 1. The lowest BCUT2D eigenvalue weighted by Crippen LogP contribution is -2.45. The van der Waals surface area contributed by atoms with Gasteiger partial charge < -0.3 is 20.3 Å². The van der Waals surface area contributed by atoms with Gasteiger partial charge in [-0.25, -0.2) is 0 Å². The van der Waals surface area contributed by atoms with Crippen molar-refractivity contribution in [3.05, 3.63) is 0 Å². The molecule has 0 aromatic heterocycles. The van der Waals surface area contributed by atoms with Crippen molar-refractivity contribution >= 4 is 17.8 Å². The van der Waals surface area contributed by atoms with Gasteiger partial charge >= 0.3 is 5.97 Å². The van der Waals surface area contributed by atoms with Crippen LogP contribution in [0.5, 0.6) is 0 Å². The molecule has 2 N–H and O–H groups in total. The molecule has 1 saturated carbocycles. The summed E-state index contributed by atoms with van der Waals surface area (Å²) in [5.74, 6) is 1.00. The number of nitrogens with zero attached hydrogens (tertiary/aromatic N) is 2. The highest BCUT2D eigenvalue weighted by atomic mass is 16.5. The first-order chi connectivity index (χ1) is 11.6. The van der Waals surface area contributed by atoms with Gasteiger partial charge in [-0.1, -0.05) is 12.8 Å². The van der Waals surface area contributed by atoms with Gasteiger partial charge in [-0.3, -0.25) is 14.6 Å². The predicted octanol–water partition coefficient (Wildman–Crippen LogP) is 0.896. The molecule has 0 radical (unpaired) electrons. The molecule has 2 fully saturated rings. The van der Waals surface area contributed by atoms with Crippen molar-refractivity contribution in [2.75, 3.05) is 33.3 Å². The van der Waals surface area contributed by atoms with Gasteiger partial charge in [-0.15, -0.1) is 0 Å². The van der Waals surface area contributed by atoms with Gasteiger partial charge in [0, 0.05) is 31.6 Å². The second-order valence-electron chi connectivity index (χ2n) is 6.48. The number of esters is 1. The third-order valence-corrected chi connectivity index (χ3v) is 4.70. The number of guanidine groups is 1. The van der Waals surface area contributed by atoms with Crippen LogP contribution in [0, 0.1) is 5.92 Å². The summed E-state index contributed by atoms with van der Waals surface area (Å²) in [7, 11) is 1.38. The maximum atomic E-state index is 12.5. The summed E-state index contributed by atoms with van der Waals surface area (Å²) in [6.07, 6.45) is 5.66. The van der Waals surface area contributed by atoms with Crippen LogP contribution in [-0.2, 0) is 14.3 Å². The van der Waals surface area contributed by atoms with Crippen LogP contribution in [0.3, 0.4) is 0 Å². The molecule has 1 aliphatic heterocycles. The summed E-state index contributed by atoms with van der Waals surface area (Å²) in [5.41, 5.74) is 0. The third-order valence-electron chi connectivity index (χ3n) is 4.70. The van der Waals surface area contributed by atoms with Gasteiger partial charge in [-0.05, 0) is 26.2 Å². The second kappa shape index (κ2) is 9.49. The van der Waals surface area contributed by atoms with E-state index in [9.17, 15) is 9.59 Å². The van der Waals surface area contributed by atoms with Crippen molar-refractivity contribution in [2.24, 2.45) is 10.9 Å². The van der Waals surface area contributed by atoms with Gasteiger partial charge in [0.05, 0.1) is 20.1 Å². The fourth-order valence-electron chi connectivity index (χ4n) is 3.38. The van der Waals surface area contributed by atoms with Crippen LogP contribution in [0.15, 0.2) is 4.99 Å². The Bertz CT molecular complexity index is 461. The minimum Gasteiger partial charge on any atom is -0.469 e. The summed E-state index contributed by atoms with van der Waals surface area (Å²) in [4.78, 5) is 30.0. The molecule has 1 heterocycles. The number of carbonyl (C=O) groups excluding carboxylic acids is 2. The van der Waals surface area contributed by atoms with Crippen LogP contribution in [0.25, 0.3) is 0 Å². The van der Waals surface area contributed by atoms with E-state index in [4.69, 9.17) is 0 Å². The number of hydrogen-bond acceptors (Lipinski definition) is 4. The molecule has 1 saturated heterocycles. The highest BCUT2D eigenvalue weighted by Gasteiger charge is 2.32. The molecule has 0 spiro atoms. The summed E-state index contributed by atoms with van der Waals surface area (Å²) < 4.78 is 4.62. The molecule has 0 aromatic rings. The number of likely N-dealkylation sites (tertiary alicyclic amines) is 1. The first-order valence-corrected chi connectivity index (χ1v) is 9.04. The van der Waals surface area contributed by atoms with Crippen molar-refractivity contribution in [3.63, 3.8) is 0 Å². The zero-order valence-corrected chi connectivity index (χ0v) is 14.8. The van der Waals surface area contributed by atoms with Crippen molar-refractivity contribution in [2.45, 2.75) is 51.5 Å². The average Bonchev–Trinajstić information content (AvgIpc) is 3.26. The van der Waals surface area contributed by atoms with Crippen LogP contribution in [0.1, 0.15) is 45.4 Å². The maximum Gasteiger partial charge on any atom is 0.307 e. The molecule has 2 aliphatic rings. The first-order valence-electron chi connectivity index (χ1n) is 9.04. The van der Waals surface area contributed by atoms with Crippen molar-refractivity contribution < 1.29 is 14.3 Å². The highest BCUT2D eigenvalue weighted by Crippen LogP contribution is 2.27. The van der Waals surface area contributed by atoms with E-state index in [-0.39, 0.29) is 24.3 Å². The Morgan fingerprint density at radius 1 is 1.25 bits per heavy atom.